The Balaban J connectivity index is 2.07. The van der Waals surface area contributed by atoms with Gasteiger partial charge in [0.2, 0.25) is 17.6 Å². The van der Waals surface area contributed by atoms with E-state index < -0.39 is 89.2 Å². The fourth-order valence-electron chi connectivity index (χ4n) is 4.42. The van der Waals surface area contributed by atoms with Gasteiger partial charge in [0.25, 0.3) is 0 Å². The van der Waals surface area contributed by atoms with Crippen LogP contribution < -0.4 is 33.6 Å². The number of hydrogen-bond donors (Lipinski definition) is 6. The Morgan fingerprint density at radius 2 is 1.45 bits per heavy atom. The van der Waals surface area contributed by atoms with Crippen molar-refractivity contribution < 1.29 is 45.9 Å². The molecule has 2 aromatic carbocycles. The number of halogens is 5. The van der Waals surface area contributed by atoms with Crippen molar-refractivity contribution in [1.82, 2.24) is 10.6 Å². The number of primary amides is 1. The van der Waals surface area contributed by atoms with Gasteiger partial charge < -0.3 is 38.3 Å². The molecular formula is C30H38F5N7O5. The molecule has 0 unspecified atom stereocenters. The third kappa shape index (κ3) is 12.5. The molecular weight excluding hydrogens is 633 g/mol. The molecule has 0 spiro atoms. The molecule has 17 heteroatoms. The first kappa shape index (κ1) is 38.4. The molecule has 0 aromatic heterocycles. The Bertz CT molecular complexity index is 1400. The molecule has 0 bridgehead atoms. The van der Waals surface area contributed by atoms with Crippen LogP contribution in [0.4, 0.5) is 26.7 Å². The number of guanidine groups is 1. The zero-order valence-electron chi connectivity index (χ0n) is 25.4. The van der Waals surface area contributed by atoms with Crippen LogP contribution in [-0.4, -0.2) is 54.8 Å². The summed E-state index contributed by atoms with van der Waals surface area (Å²) in [6.07, 6.45) is -1.72. The van der Waals surface area contributed by atoms with Gasteiger partial charge in [-0.25, -0.2) is 26.7 Å². The zero-order valence-corrected chi connectivity index (χ0v) is 25.4. The predicted molar refractivity (Wildman–Crippen MR) is 161 cm³/mol. The number of benzene rings is 2. The fraction of sp³-hybridized carbons (Fsp3) is 0.433. The normalized spacial score (nSPS) is 12.8. The summed E-state index contributed by atoms with van der Waals surface area (Å²) in [4.78, 5) is 53.9. The second-order valence-electron chi connectivity index (χ2n) is 10.6. The van der Waals surface area contributed by atoms with Gasteiger partial charge in [0.05, 0.1) is 6.04 Å². The van der Waals surface area contributed by atoms with E-state index >= 15 is 0 Å². The molecule has 0 saturated heterocycles. The number of unbranched alkanes of at least 4 members (excludes halogenated alkanes) is 1. The number of aliphatic imine (C=N–C) groups is 1. The Kier molecular flexibility index (Phi) is 15.5. The van der Waals surface area contributed by atoms with Gasteiger partial charge in [0, 0.05) is 31.0 Å². The topological polar surface area (TPSA) is 218 Å². The summed E-state index contributed by atoms with van der Waals surface area (Å²) in [6, 6.07) is 6.43. The van der Waals surface area contributed by atoms with E-state index in [4.69, 9.17) is 27.7 Å². The molecule has 258 valence electrons. The van der Waals surface area contributed by atoms with E-state index in [9.17, 15) is 41.1 Å². The van der Waals surface area contributed by atoms with Crippen LogP contribution in [0.3, 0.4) is 0 Å². The highest BCUT2D eigenvalue weighted by Crippen LogP contribution is 2.27. The van der Waals surface area contributed by atoms with Crippen molar-refractivity contribution in [3.63, 3.8) is 0 Å². The predicted octanol–water partition coefficient (Wildman–Crippen LogP) is 1.95. The molecule has 12 nitrogen and oxygen atoms in total. The largest absolute Gasteiger partial charge is 0.445 e. The summed E-state index contributed by atoms with van der Waals surface area (Å²) in [7, 11) is 0. The standard InChI is InChI=1S/C30H38F5N7O5/c31-22-18(23(32)25(34)26(35)24(22)33)13-17(14-21(43)19(36)9-6-12-40-29(38)39)28(45)42-20(27(37)44)10-4-5-11-41-30(46)47-15-16-7-2-1-3-8-16/h1-3,7-8,17,19-20H,4-6,9-15,36H2,(H2,37,44)(H,41,46)(H,42,45)(H4,38,39,40)/t17-,19-,20+/m1/s1. The summed E-state index contributed by atoms with van der Waals surface area (Å²) in [5, 5.41) is 4.82. The lowest BCUT2D eigenvalue weighted by Gasteiger charge is -2.22. The van der Waals surface area contributed by atoms with Gasteiger partial charge in [-0.3, -0.25) is 19.4 Å². The van der Waals surface area contributed by atoms with Crippen LogP contribution in [0, 0.1) is 35.0 Å². The van der Waals surface area contributed by atoms with Crippen LogP contribution in [0.25, 0.3) is 0 Å². The minimum atomic E-state index is -2.39. The molecule has 2 rings (SSSR count). The minimum absolute atomic E-state index is 0.0459. The molecule has 3 amide bonds. The van der Waals surface area contributed by atoms with Crippen molar-refractivity contribution >= 4 is 29.7 Å². The molecule has 47 heavy (non-hydrogen) atoms. The summed E-state index contributed by atoms with van der Waals surface area (Å²) < 4.78 is 75.5. The Morgan fingerprint density at radius 1 is 0.830 bits per heavy atom. The fourth-order valence-corrected chi connectivity index (χ4v) is 4.42. The van der Waals surface area contributed by atoms with Gasteiger partial charge in [-0.05, 0) is 44.1 Å². The van der Waals surface area contributed by atoms with E-state index in [2.05, 4.69) is 15.6 Å². The molecule has 0 saturated carbocycles. The number of amides is 3. The average molecular weight is 672 g/mol. The molecule has 0 aliphatic carbocycles. The van der Waals surface area contributed by atoms with Crippen molar-refractivity contribution in [2.24, 2.45) is 33.8 Å². The zero-order chi connectivity index (χ0) is 35.1. The number of ketones is 1. The maximum atomic E-state index is 14.5. The first-order valence-electron chi connectivity index (χ1n) is 14.6. The van der Waals surface area contributed by atoms with Crippen LogP contribution in [0.5, 0.6) is 0 Å². The highest BCUT2D eigenvalue weighted by molar-refractivity contribution is 5.92. The lowest BCUT2D eigenvalue weighted by Crippen LogP contribution is -2.48. The first-order valence-corrected chi connectivity index (χ1v) is 14.6. The second kappa shape index (κ2) is 19.0. The maximum Gasteiger partial charge on any atom is 0.407 e. The summed E-state index contributed by atoms with van der Waals surface area (Å²) >= 11 is 0. The first-order chi connectivity index (χ1) is 22.2. The summed E-state index contributed by atoms with van der Waals surface area (Å²) in [5.41, 5.74) is 21.2. The molecule has 10 N–H and O–H groups in total. The number of Topliss-reactive ketones (excluding diaryl/α,β-unsaturated/α-hetero) is 1. The van der Waals surface area contributed by atoms with Crippen molar-refractivity contribution in [3.05, 3.63) is 70.5 Å². The molecule has 0 radical (unpaired) electrons. The Labute approximate surface area is 267 Å². The van der Waals surface area contributed by atoms with E-state index in [1.807, 2.05) is 6.07 Å². The monoisotopic (exact) mass is 671 g/mol. The summed E-state index contributed by atoms with van der Waals surface area (Å²) in [6.45, 7) is 0.327. The van der Waals surface area contributed by atoms with Crippen LogP contribution in [0.1, 0.15) is 49.7 Å². The highest BCUT2D eigenvalue weighted by atomic mass is 19.2. The van der Waals surface area contributed by atoms with Gasteiger partial charge >= 0.3 is 6.09 Å². The lowest BCUT2D eigenvalue weighted by atomic mass is 9.89. The SMILES string of the molecule is NC(=O)[C@H](CCCCNC(=O)OCc1ccccc1)NC(=O)[C@@H](CC(=O)[C@H](N)CCCN=C(N)N)Cc1c(F)c(F)c(F)c(F)c1F. The Hall–Kier alpha value is -4.80. The average Bonchev–Trinajstić information content (AvgIpc) is 3.04. The molecule has 3 atom stereocenters. The third-order valence-electron chi connectivity index (χ3n) is 7.01. The van der Waals surface area contributed by atoms with E-state index in [1.165, 1.54) is 0 Å². The van der Waals surface area contributed by atoms with Crippen LogP contribution in [-0.2, 0) is 32.1 Å². The minimum Gasteiger partial charge on any atom is -0.445 e. The van der Waals surface area contributed by atoms with Crippen molar-refractivity contribution in [3.8, 4) is 0 Å². The number of ether oxygens (including phenoxy) is 1. The van der Waals surface area contributed by atoms with Gasteiger partial charge in [-0.15, -0.1) is 0 Å². The number of carbonyl (C=O) groups excluding carboxylic acids is 4. The van der Waals surface area contributed by atoms with E-state index in [0.717, 1.165) is 5.56 Å². The van der Waals surface area contributed by atoms with E-state index in [0.29, 0.717) is 6.42 Å². The van der Waals surface area contributed by atoms with Crippen molar-refractivity contribution in [1.29, 1.82) is 0 Å². The van der Waals surface area contributed by atoms with E-state index in [1.54, 1.807) is 24.3 Å². The molecule has 2 aromatic rings. The van der Waals surface area contributed by atoms with Crippen molar-refractivity contribution in [2.75, 3.05) is 13.1 Å². The number of alkyl carbamates (subject to hydrolysis) is 1. The molecule has 0 aliphatic heterocycles. The lowest BCUT2D eigenvalue weighted by molar-refractivity contribution is -0.132. The maximum absolute atomic E-state index is 14.5. The van der Waals surface area contributed by atoms with Gasteiger partial charge in [-0.1, -0.05) is 30.3 Å². The Morgan fingerprint density at radius 3 is 2.04 bits per heavy atom. The molecule has 0 heterocycles. The number of carbonyl (C=O) groups is 4. The van der Waals surface area contributed by atoms with Crippen LogP contribution in [0.2, 0.25) is 0 Å². The van der Waals surface area contributed by atoms with Gasteiger partial charge in [-0.2, -0.15) is 0 Å². The van der Waals surface area contributed by atoms with Crippen LogP contribution >= 0.6 is 0 Å². The van der Waals surface area contributed by atoms with Gasteiger partial charge in [0.15, 0.2) is 29.2 Å². The molecule has 0 fully saturated rings. The van der Waals surface area contributed by atoms with Crippen LogP contribution in [0.15, 0.2) is 35.3 Å². The number of nitrogens with two attached hydrogens (primary N) is 4. The second-order valence-corrected chi connectivity index (χ2v) is 10.6. The number of nitrogens with zero attached hydrogens (tertiary/aromatic N) is 1. The van der Waals surface area contributed by atoms with E-state index in [-0.39, 0.29) is 51.3 Å². The number of hydrogen-bond acceptors (Lipinski definition) is 7. The third-order valence-corrected chi connectivity index (χ3v) is 7.01. The summed E-state index contributed by atoms with van der Waals surface area (Å²) in [5.74, 6) is -16.0. The van der Waals surface area contributed by atoms with Gasteiger partial charge in [0.1, 0.15) is 18.4 Å². The number of rotatable bonds is 19. The molecule has 0 aliphatic rings. The smallest absolute Gasteiger partial charge is 0.407 e. The number of nitrogens with one attached hydrogen (secondary N) is 2. The van der Waals surface area contributed by atoms with Crippen molar-refractivity contribution in [2.45, 2.75) is 63.6 Å². The highest BCUT2D eigenvalue weighted by Gasteiger charge is 2.33. The quantitative estimate of drug-likeness (QED) is 0.0323.